The number of thiophene rings is 1. The van der Waals surface area contributed by atoms with Gasteiger partial charge in [0, 0.05) is 17.9 Å². The zero-order chi connectivity index (χ0) is 14.8. The van der Waals surface area contributed by atoms with Gasteiger partial charge in [-0.15, -0.1) is 11.3 Å². The lowest BCUT2D eigenvalue weighted by atomic mass is 9.99. The molecule has 20 heavy (non-hydrogen) atoms. The van der Waals surface area contributed by atoms with Crippen molar-refractivity contribution in [2.24, 2.45) is 5.92 Å². The zero-order valence-corrected chi connectivity index (χ0v) is 12.5. The van der Waals surface area contributed by atoms with Crippen LogP contribution in [0.3, 0.4) is 0 Å². The first-order chi connectivity index (χ1) is 9.43. The number of hydrogen-bond acceptors (Lipinski definition) is 4. The van der Waals surface area contributed by atoms with Gasteiger partial charge in [-0.3, -0.25) is 4.79 Å². The van der Waals surface area contributed by atoms with E-state index >= 15 is 0 Å². The molecule has 2 N–H and O–H groups in total. The maximum Gasteiger partial charge on any atom is 0.331 e. The molecule has 2 rings (SSSR count). The topological polar surface area (TPSA) is 75.6 Å². The average molecular weight is 297 g/mol. The SMILES string of the molecule is CC(C)Cc1ccc(C(=O)NC2(C(=O)O)CCOC2)s1. The Morgan fingerprint density at radius 3 is 2.80 bits per heavy atom. The van der Waals surface area contributed by atoms with Crippen LogP contribution in [0, 0.1) is 5.92 Å². The van der Waals surface area contributed by atoms with Crippen LogP contribution >= 0.6 is 11.3 Å². The summed E-state index contributed by atoms with van der Waals surface area (Å²) in [4.78, 5) is 25.2. The number of carbonyl (C=O) groups is 2. The monoisotopic (exact) mass is 297 g/mol. The van der Waals surface area contributed by atoms with Crippen molar-refractivity contribution in [2.45, 2.75) is 32.2 Å². The van der Waals surface area contributed by atoms with E-state index < -0.39 is 11.5 Å². The molecule has 1 aromatic rings. The molecule has 1 unspecified atom stereocenters. The molecule has 0 bridgehead atoms. The predicted molar refractivity (Wildman–Crippen MR) is 76.1 cm³/mol. The highest BCUT2D eigenvalue weighted by Gasteiger charge is 2.44. The van der Waals surface area contributed by atoms with Crippen molar-refractivity contribution in [1.82, 2.24) is 5.32 Å². The summed E-state index contributed by atoms with van der Waals surface area (Å²) >= 11 is 1.42. The van der Waals surface area contributed by atoms with E-state index in [1.807, 2.05) is 6.07 Å². The fourth-order valence-corrected chi connectivity index (χ4v) is 3.29. The van der Waals surface area contributed by atoms with Crippen LogP contribution in [0.1, 0.15) is 34.8 Å². The van der Waals surface area contributed by atoms with Crippen LogP contribution in [0.4, 0.5) is 0 Å². The summed E-state index contributed by atoms with van der Waals surface area (Å²) in [7, 11) is 0. The summed E-state index contributed by atoms with van der Waals surface area (Å²) in [6, 6.07) is 3.68. The number of carboxylic acids is 1. The highest BCUT2D eigenvalue weighted by molar-refractivity contribution is 7.14. The molecule has 1 aliphatic rings. The molecule has 110 valence electrons. The number of carbonyl (C=O) groups excluding carboxylic acids is 1. The molecule has 0 spiro atoms. The van der Waals surface area contributed by atoms with Crippen molar-refractivity contribution in [3.8, 4) is 0 Å². The quantitative estimate of drug-likeness (QED) is 0.870. The highest BCUT2D eigenvalue weighted by Crippen LogP contribution is 2.23. The molecule has 1 amide bonds. The minimum Gasteiger partial charge on any atom is -0.479 e. The van der Waals surface area contributed by atoms with Crippen molar-refractivity contribution in [2.75, 3.05) is 13.2 Å². The Hall–Kier alpha value is -1.40. The fourth-order valence-electron chi connectivity index (χ4n) is 2.18. The van der Waals surface area contributed by atoms with Crippen molar-refractivity contribution < 1.29 is 19.4 Å². The number of amides is 1. The van der Waals surface area contributed by atoms with Crippen LogP contribution in [0.5, 0.6) is 0 Å². The van der Waals surface area contributed by atoms with Crippen LogP contribution in [-0.2, 0) is 16.0 Å². The van der Waals surface area contributed by atoms with Gasteiger partial charge in [-0.1, -0.05) is 13.8 Å². The molecule has 1 aliphatic heterocycles. The van der Waals surface area contributed by atoms with Gasteiger partial charge in [-0.05, 0) is 24.5 Å². The van der Waals surface area contributed by atoms with Gasteiger partial charge in [0.25, 0.3) is 5.91 Å². The van der Waals surface area contributed by atoms with Crippen LogP contribution in [0.15, 0.2) is 12.1 Å². The molecule has 1 atom stereocenters. The molecule has 1 saturated heterocycles. The number of hydrogen-bond donors (Lipinski definition) is 2. The van der Waals surface area contributed by atoms with E-state index in [1.54, 1.807) is 6.07 Å². The molecule has 0 aliphatic carbocycles. The van der Waals surface area contributed by atoms with E-state index in [-0.39, 0.29) is 12.5 Å². The second-order valence-electron chi connectivity index (χ2n) is 5.51. The first kappa shape index (κ1) is 15.0. The Balaban J connectivity index is 2.07. The van der Waals surface area contributed by atoms with Crippen molar-refractivity contribution in [3.63, 3.8) is 0 Å². The first-order valence-electron chi connectivity index (χ1n) is 6.65. The Bertz CT molecular complexity index is 503. The average Bonchev–Trinajstić information content (AvgIpc) is 2.98. The molecule has 2 heterocycles. The number of ether oxygens (including phenoxy) is 1. The molecular formula is C14H19NO4S. The second-order valence-corrected chi connectivity index (χ2v) is 6.68. The standard InChI is InChI=1S/C14H19NO4S/c1-9(2)7-10-3-4-11(20-10)12(16)15-14(13(17)18)5-6-19-8-14/h3-4,9H,5-8H2,1-2H3,(H,15,16)(H,17,18). The Morgan fingerprint density at radius 1 is 1.50 bits per heavy atom. The summed E-state index contributed by atoms with van der Waals surface area (Å²) in [6.45, 7) is 4.62. The van der Waals surface area contributed by atoms with E-state index in [0.717, 1.165) is 11.3 Å². The lowest BCUT2D eigenvalue weighted by molar-refractivity contribution is -0.144. The molecule has 0 aromatic carbocycles. The van der Waals surface area contributed by atoms with Gasteiger partial charge in [0.1, 0.15) is 0 Å². The molecule has 1 fully saturated rings. The summed E-state index contributed by atoms with van der Waals surface area (Å²) in [5.74, 6) is -0.849. The summed E-state index contributed by atoms with van der Waals surface area (Å²) in [5, 5.41) is 11.9. The fraction of sp³-hybridized carbons (Fsp3) is 0.571. The van der Waals surface area contributed by atoms with Gasteiger partial charge in [0.2, 0.25) is 0 Å². The third kappa shape index (κ3) is 3.19. The summed E-state index contributed by atoms with van der Waals surface area (Å²) < 4.78 is 5.12. The van der Waals surface area contributed by atoms with Gasteiger partial charge in [-0.25, -0.2) is 4.79 Å². The van der Waals surface area contributed by atoms with Gasteiger partial charge in [0.05, 0.1) is 11.5 Å². The first-order valence-corrected chi connectivity index (χ1v) is 7.47. The normalized spacial score (nSPS) is 22.1. The maximum atomic E-state index is 12.2. The van der Waals surface area contributed by atoms with Crippen LogP contribution in [0.25, 0.3) is 0 Å². The van der Waals surface area contributed by atoms with Crippen molar-refractivity contribution >= 4 is 23.2 Å². The second kappa shape index (κ2) is 5.93. The third-order valence-corrected chi connectivity index (χ3v) is 4.39. The Labute approximate surface area is 121 Å². The van der Waals surface area contributed by atoms with E-state index in [4.69, 9.17) is 4.74 Å². The van der Waals surface area contributed by atoms with Crippen LogP contribution in [0.2, 0.25) is 0 Å². The summed E-state index contributed by atoms with van der Waals surface area (Å²) in [6.07, 6.45) is 1.23. The lowest BCUT2D eigenvalue weighted by Gasteiger charge is -2.23. The van der Waals surface area contributed by atoms with Crippen molar-refractivity contribution in [1.29, 1.82) is 0 Å². The summed E-state index contributed by atoms with van der Waals surface area (Å²) in [5.41, 5.74) is -1.28. The van der Waals surface area contributed by atoms with E-state index in [2.05, 4.69) is 19.2 Å². The van der Waals surface area contributed by atoms with Gasteiger partial charge >= 0.3 is 5.97 Å². The molecular weight excluding hydrogens is 278 g/mol. The molecule has 0 saturated carbocycles. The van der Waals surface area contributed by atoms with Gasteiger partial charge in [0.15, 0.2) is 5.54 Å². The highest BCUT2D eigenvalue weighted by atomic mass is 32.1. The van der Waals surface area contributed by atoms with Crippen molar-refractivity contribution in [3.05, 3.63) is 21.9 Å². The minimum atomic E-state index is -1.28. The smallest absolute Gasteiger partial charge is 0.331 e. The van der Waals surface area contributed by atoms with E-state index in [9.17, 15) is 14.7 Å². The molecule has 5 nitrogen and oxygen atoms in total. The molecule has 6 heteroatoms. The number of carboxylic acid groups (broad SMARTS) is 1. The predicted octanol–water partition coefficient (Wildman–Crippen LogP) is 1.92. The number of rotatable bonds is 5. The van der Waals surface area contributed by atoms with Crippen LogP contribution < -0.4 is 5.32 Å². The Kier molecular flexibility index (Phi) is 4.45. The zero-order valence-electron chi connectivity index (χ0n) is 11.6. The molecule has 0 radical (unpaired) electrons. The Morgan fingerprint density at radius 2 is 2.25 bits per heavy atom. The lowest BCUT2D eigenvalue weighted by Crippen LogP contribution is -2.55. The van der Waals surface area contributed by atoms with E-state index in [0.29, 0.717) is 23.8 Å². The maximum absolute atomic E-state index is 12.2. The van der Waals surface area contributed by atoms with Gasteiger partial charge in [-0.2, -0.15) is 0 Å². The largest absolute Gasteiger partial charge is 0.479 e. The number of nitrogens with one attached hydrogen (secondary N) is 1. The number of aliphatic carboxylic acids is 1. The molecule has 1 aromatic heterocycles. The van der Waals surface area contributed by atoms with E-state index in [1.165, 1.54) is 11.3 Å². The van der Waals surface area contributed by atoms with Gasteiger partial charge < -0.3 is 15.2 Å². The third-order valence-electron chi connectivity index (χ3n) is 3.28. The van der Waals surface area contributed by atoms with Crippen LogP contribution in [-0.4, -0.2) is 35.7 Å². The minimum absolute atomic E-state index is 0.0261.